The third kappa shape index (κ3) is 3.73. The Balaban J connectivity index is 1.92. The van der Waals surface area contributed by atoms with Crippen molar-refractivity contribution in [2.75, 3.05) is 4.72 Å². The minimum atomic E-state index is -4.39. The monoisotopic (exact) mass is 379 g/mol. The van der Waals surface area contributed by atoms with E-state index < -0.39 is 25.0 Å². The summed E-state index contributed by atoms with van der Waals surface area (Å²) >= 11 is 0. The van der Waals surface area contributed by atoms with Crippen LogP contribution in [0.5, 0.6) is 5.75 Å². The molecule has 0 aliphatic heterocycles. The summed E-state index contributed by atoms with van der Waals surface area (Å²) < 4.78 is 58.1. The predicted molar refractivity (Wildman–Crippen MR) is 92.7 cm³/mol. The second-order valence-corrected chi connectivity index (χ2v) is 8.40. The number of rotatable bonds is 4. The molecule has 0 amide bonds. The van der Waals surface area contributed by atoms with Crippen molar-refractivity contribution in [2.45, 2.75) is 9.79 Å². The molecule has 3 aromatic rings. The largest absolute Gasteiger partial charge is 0.508 e. The van der Waals surface area contributed by atoms with Gasteiger partial charge in [0.1, 0.15) is 5.75 Å². The quantitative estimate of drug-likeness (QED) is 0.599. The summed E-state index contributed by atoms with van der Waals surface area (Å²) in [7, 11) is -8.32. The molecule has 0 saturated carbocycles. The van der Waals surface area contributed by atoms with Gasteiger partial charge in [0, 0.05) is 5.69 Å². The van der Waals surface area contributed by atoms with Crippen LogP contribution in [-0.4, -0.2) is 26.5 Å². The number of phenolic OH excluding ortho intramolecular Hbond substituents is 1. The second kappa shape index (κ2) is 6.03. The fourth-order valence-electron chi connectivity index (χ4n) is 2.30. The van der Waals surface area contributed by atoms with E-state index in [1.165, 1.54) is 6.07 Å². The zero-order valence-electron chi connectivity index (χ0n) is 12.6. The van der Waals surface area contributed by atoms with Gasteiger partial charge in [-0.3, -0.25) is 9.27 Å². The average molecular weight is 379 g/mol. The average Bonchev–Trinajstić information content (AvgIpc) is 2.54. The van der Waals surface area contributed by atoms with Crippen molar-refractivity contribution >= 4 is 36.6 Å². The van der Waals surface area contributed by atoms with Crippen LogP contribution in [-0.2, 0) is 20.1 Å². The summed E-state index contributed by atoms with van der Waals surface area (Å²) in [6.07, 6.45) is 0. The number of benzene rings is 3. The Morgan fingerprint density at radius 2 is 1.28 bits per heavy atom. The molecule has 3 aromatic carbocycles. The number of hydrogen-bond donors (Lipinski definition) is 3. The first-order valence-electron chi connectivity index (χ1n) is 6.98. The summed E-state index contributed by atoms with van der Waals surface area (Å²) in [5.41, 5.74) is 0.317. The number of anilines is 1. The zero-order valence-corrected chi connectivity index (χ0v) is 14.3. The lowest BCUT2D eigenvalue weighted by atomic mass is 10.1. The van der Waals surface area contributed by atoms with Crippen molar-refractivity contribution in [3.63, 3.8) is 0 Å². The van der Waals surface area contributed by atoms with Gasteiger partial charge in [0.15, 0.2) is 0 Å². The van der Waals surface area contributed by atoms with Crippen LogP contribution in [0.1, 0.15) is 0 Å². The van der Waals surface area contributed by atoms with Gasteiger partial charge in [-0.05, 0) is 59.3 Å². The second-order valence-electron chi connectivity index (χ2n) is 5.30. The van der Waals surface area contributed by atoms with Crippen LogP contribution in [0.3, 0.4) is 0 Å². The van der Waals surface area contributed by atoms with E-state index in [1.54, 1.807) is 30.3 Å². The van der Waals surface area contributed by atoms with Gasteiger partial charge in [-0.2, -0.15) is 8.42 Å². The van der Waals surface area contributed by atoms with Crippen molar-refractivity contribution in [3.05, 3.63) is 60.7 Å². The predicted octanol–water partition coefficient (Wildman–Crippen LogP) is 2.59. The first kappa shape index (κ1) is 17.2. The molecule has 0 fully saturated rings. The number of hydrogen-bond acceptors (Lipinski definition) is 5. The molecule has 0 spiro atoms. The van der Waals surface area contributed by atoms with E-state index in [2.05, 4.69) is 4.72 Å². The van der Waals surface area contributed by atoms with Gasteiger partial charge in [0.05, 0.1) is 9.79 Å². The Kier molecular flexibility index (Phi) is 4.15. The molecule has 3 N–H and O–H groups in total. The van der Waals surface area contributed by atoms with Gasteiger partial charge in [0.25, 0.3) is 20.1 Å². The van der Waals surface area contributed by atoms with E-state index in [4.69, 9.17) is 4.55 Å². The first-order chi connectivity index (χ1) is 11.6. The molecule has 130 valence electrons. The molecule has 0 radical (unpaired) electrons. The van der Waals surface area contributed by atoms with Crippen LogP contribution in [0.15, 0.2) is 70.5 Å². The molecule has 25 heavy (non-hydrogen) atoms. The van der Waals surface area contributed by atoms with Crippen LogP contribution in [0.2, 0.25) is 0 Å². The normalized spacial score (nSPS) is 12.2. The lowest BCUT2D eigenvalue weighted by Gasteiger charge is -2.09. The fourth-order valence-corrected chi connectivity index (χ4v) is 3.83. The molecule has 7 nitrogen and oxygen atoms in total. The molecule has 3 rings (SSSR count). The van der Waals surface area contributed by atoms with Gasteiger partial charge in [0.2, 0.25) is 0 Å². The molecular formula is C16H13NO6S2. The van der Waals surface area contributed by atoms with Crippen LogP contribution < -0.4 is 4.72 Å². The Bertz CT molecular complexity index is 1150. The van der Waals surface area contributed by atoms with Gasteiger partial charge in [-0.15, -0.1) is 0 Å². The van der Waals surface area contributed by atoms with E-state index in [9.17, 15) is 21.9 Å². The van der Waals surface area contributed by atoms with E-state index in [0.29, 0.717) is 5.69 Å². The van der Waals surface area contributed by atoms with Gasteiger partial charge in [-0.1, -0.05) is 12.1 Å². The molecule has 0 aliphatic rings. The molecule has 0 saturated heterocycles. The topological polar surface area (TPSA) is 121 Å². The Morgan fingerprint density at radius 3 is 1.92 bits per heavy atom. The van der Waals surface area contributed by atoms with Crippen molar-refractivity contribution < 1.29 is 26.5 Å². The summed E-state index contributed by atoms with van der Waals surface area (Å²) in [5, 5.41) is 10.9. The summed E-state index contributed by atoms with van der Waals surface area (Å²) in [6.45, 7) is 0. The summed E-state index contributed by atoms with van der Waals surface area (Å²) in [6, 6.07) is 13.7. The third-order valence-electron chi connectivity index (χ3n) is 3.51. The maximum atomic E-state index is 12.4. The summed E-state index contributed by atoms with van der Waals surface area (Å²) in [5.74, 6) is 0.111. The lowest BCUT2D eigenvalue weighted by Crippen LogP contribution is -2.13. The Hall–Kier alpha value is -2.62. The standard InChI is InChI=1S/C16H13NO6S2/c18-14-4-2-11-9-13(3-1-12(11)10-14)17-24(19,20)15-5-7-16(8-6-15)25(21,22)23/h1-10,17-18H,(H,21,22,23). The van der Waals surface area contributed by atoms with Crippen molar-refractivity contribution in [1.29, 1.82) is 0 Å². The highest BCUT2D eigenvalue weighted by atomic mass is 32.2. The molecule has 0 heterocycles. The Morgan fingerprint density at radius 1 is 0.720 bits per heavy atom. The summed E-state index contributed by atoms with van der Waals surface area (Å²) in [4.78, 5) is -0.539. The maximum Gasteiger partial charge on any atom is 0.294 e. The number of fused-ring (bicyclic) bond motifs is 1. The Labute approximate surface area is 144 Å². The highest BCUT2D eigenvalue weighted by molar-refractivity contribution is 7.92. The number of sulfonamides is 1. The molecule has 0 bridgehead atoms. The van der Waals surface area contributed by atoms with Crippen LogP contribution in [0.4, 0.5) is 5.69 Å². The SMILES string of the molecule is O=S(=O)(O)c1ccc(S(=O)(=O)Nc2ccc3cc(O)ccc3c2)cc1. The van der Waals surface area contributed by atoms with Gasteiger partial charge in [-0.25, -0.2) is 8.42 Å². The fraction of sp³-hybridized carbons (Fsp3) is 0. The molecule has 0 unspecified atom stereocenters. The highest BCUT2D eigenvalue weighted by Crippen LogP contribution is 2.25. The third-order valence-corrected chi connectivity index (χ3v) is 5.77. The highest BCUT2D eigenvalue weighted by Gasteiger charge is 2.16. The van der Waals surface area contributed by atoms with E-state index in [0.717, 1.165) is 35.0 Å². The molecule has 0 atom stereocenters. The van der Waals surface area contributed by atoms with E-state index in [-0.39, 0.29) is 10.6 Å². The number of nitrogens with one attached hydrogen (secondary N) is 1. The van der Waals surface area contributed by atoms with E-state index in [1.807, 2.05) is 0 Å². The van der Waals surface area contributed by atoms with Crippen molar-refractivity contribution in [1.82, 2.24) is 0 Å². The maximum absolute atomic E-state index is 12.4. The molecular weight excluding hydrogens is 366 g/mol. The minimum Gasteiger partial charge on any atom is -0.508 e. The molecule has 9 heteroatoms. The van der Waals surface area contributed by atoms with Gasteiger partial charge < -0.3 is 5.11 Å². The number of aromatic hydroxyl groups is 1. The van der Waals surface area contributed by atoms with E-state index >= 15 is 0 Å². The lowest BCUT2D eigenvalue weighted by molar-refractivity contribution is 0.476. The van der Waals surface area contributed by atoms with Crippen LogP contribution >= 0.6 is 0 Å². The van der Waals surface area contributed by atoms with Gasteiger partial charge >= 0.3 is 0 Å². The molecule has 0 aromatic heterocycles. The van der Waals surface area contributed by atoms with Crippen molar-refractivity contribution in [3.8, 4) is 5.75 Å². The smallest absolute Gasteiger partial charge is 0.294 e. The van der Waals surface area contributed by atoms with Crippen LogP contribution in [0, 0.1) is 0 Å². The zero-order chi connectivity index (χ0) is 18.2. The number of phenols is 1. The molecule has 0 aliphatic carbocycles. The minimum absolute atomic E-state index is 0.111. The van der Waals surface area contributed by atoms with Crippen LogP contribution in [0.25, 0.3) is 10.8 Å². The van der Waals surface area contributed by atoms with Crippen molar-refractivity contribution in [2.24, 2.45) is 0 Å². The first-order valence-corrected chi connectivity index (χ1v) is 9.91.